The smallest absolute Gasteiger partial charge is 0.416 e. The van der Waals surface area contributed by atoms with E-state index in [1.807, 2.05) is 0 Å². The fourth-order valence-corrected chi connectivity index (χ4v) is 5.48. The molecule has 0 unspecified atom stereocenters. The summed E-state index contributed by atoms with van der Waals surface area (Å²) in [6.45, 7) is 0. The van der Waals surface area contributed by atoms with Crippen LogP contribution in [-0.2, 0) is 16.0 Å². The van der Waals surface area contributed by atoms with Gasteiger partial charge in [0, 0.05) is 17.7 Å². The largest absolute Gasteiger partial charge is 0.497 e. The van der Waals surface area contributed by atoms with Crippen molar-refractivity contribution in [1.29, 1.82) is 0 Å². The molecule has 1 aliphatic carbocycles. The summed E-state index contributed by atoms with van der Waals surface area (Å²) in [7, 11) is -2.59. The van der Waals surface area contributed by atoms with Crippen LogP contribution in [0.2, 0.25) is 0 Å². The van der Waals surface area contributed by atoms with Crippen LogP contribution in [0.15, 0.2) is 47.4 Å². The SMILES string of the molecule is COc1cc(F)cc(C(=O)N[C@H]2CC[C@@H](S(=O)(=O)c3cccc(C(F)(F)F)c3)CC2)c1. The summed E-state index contributed by atoms with van der Waals surface area (Å²) >= 11 is 0. The van der Waals surface area contributed by atoms with Crippen LogP contribution in [0.25, 0.3) is 0 Å². The van der Waals surface area contributed by atoms with Gasteiger partial charge in [-0.25, -0.2) is 12.8 Å². The third kappa shape index (κ3) is 5.36. The average molecular weight is 459 g/mol. The molecule has 168 valence electrons. The Bertz CT molecular complexity index is 1060. The van der Waals surface area contributed by atoms with Crippen molar-refractivity contribution in [2.75, 3.05) is 7.11 Å². The second kappa shape index (κ2) is 8.86. The van der Waals surface area contributed by atoms with Crippen molar-refractivity contribution in [3.05, 3.63) is 59.4 Å². The predicted octanol–water partition coefficient (Wildman–Crippen LogP) is 4.37. The van der Waals surface area contributed by atoms with Gasteiger partial charge in [-0.1, -0.05) is 6.07 Å². The highest BCUT2D eigenvalue weighted by atomic mass is 32.2. The van der Waals surface area contributed by atoms with Gasteiger partial charge in [-0.05, 0) is 56.0 Å². The number of halogens is 4. The molecule has 3 rings (SSSR count). The Labute approximate surface area is 177 Å². The number of carbonyl (C=O) groups excluding carboxylic acids is 1. The Morgan fingerprint density at radius 1 is 1.06 bits per heavy atom. The molecule has 0 aromatic heterocycles. The molecule has 1 N–H and O–H groups in total. The third-order valence-corrected chi connectivity index (χ3v) is 7.57. The molecule has 0 atom stereocenters. The molecular formula is C21H21F4NO4S. The topological polar surface area (TPSA) is 72.5 Å². The van der Waals surface area contributed by atoms with E-state index < -0.39 is 38.6 Å². The Hall–Kier alpha value is -2.62. The monoisotopic (exact) mass is 459 g/mol. The molecule has 1 amide bonds. The standard InChI is InChI=1S/C21H21F4NO4S/c1-30-17-10-13(9-15(22)12-17)20(27)26-16-5-7-18(8-6-16)31(28,29)19-4-2-3-14(11-19)21(23,24)25/h2-4,9-12,16,18H,5-8H2,1H3,(H,26,27)/t16-,18+. The first kappa shape index (κ1) is 23.1. The molecular weight excluding hydrogens is 438 g/mol. The Morgan fingerprint density at radius 2 is 1.74 bits per heavy atom. The van der Waals surface area contributed by atoms with Crippen LogP contribution in [0.5, 0.6) is 5.75 Å². The first-order valence-corrected chi connectivity index (χ1v) is 11.1. The van der Waals surface area contributed by atoms with Gasteiger partial charge in [-0.3, -0.25) is 4.79 Å². The van der Waals surface area contributed by atoms with Gasteiger partial charge < -0.3 is 10.1 Å². The van der Waals surface area contributed by atoms with Crippen LogP contribution in [0.3, 0.4) is 0 Å². The maximum atomic E-state index is 13.6. The highest BCUT2D eigenvalue weighted by molar-refractivity contribution is 7.92. The minimum Gasteiger partial charge on any atom is -0.497 e. The minimum absolute atomic E-state index is 0.0792. The summed E-state index contributed by atoms with van der Waals surface area (Å²) in [6, 6.07) is 7.00. The summed E-state index contributed by atoms with van der Waals surface area (Å²) in [5.41, 5.74) is -0.935. The van der Waals surface area contributed by atoms with E-state index in [-0.39, 0.29) is 35.1 Å². The first-order valence-electron chi connectivity index (χ1n) is 9.57. The van der Waals surface area contributed by atoms with Crippen molar-refractivity contribution in [3.8, 4) is 5.75 Å². The van der Waals surface area contributed by atoms with Crippen molar-refractivity contribution in [2.45, 2.75) is 48.0 Å². The van der Waals surface area contributed by atoms with E-state index in [1.165, 1.54) is 13.2 Å². The number of hydrogen-bond donors (Lipinski definition) is 1. The number of benzene rings is 2. The number of rotatable bonds is 5. The van der Waals surface area contributed by atoms with E-state index in [1.54, 1.807) is 0 Å². The molecule has 0 heterocycles. The van der Waals surface area contributed by atoms with Crippen LogP contribution in [-0.4, -0.2) is 32.7 Å². The molecule has 1 fully saturated rings. The molecule has 31 heavy (non-hydrogen) atoms. The molecule has 0 aliphatic heterocycles. The van der Waals surface area contributed by atoms with Gasteiger partial charge in [0.15, 0.2) is 9.84 Å². The van der Waals surface area contributed by atoms with E-state index >= 15 is 0 Å². The number of carbonyl (C=O) groups is 1. The number of ether oxygens (including phenoxy) is 1. The zero-order valence-electron chi connectivity index (χ0n) is 16.6. The third-order valence-electron chi connectivity index (χ3n) is 5.31. The molecule has 10 heteroatoms. The second-order valence-corrected chi connectivity index (χ2v) is 9.63. The van der Waals surface area contributed by atoms with Crippen molar-refractivity contribution < 1.29 is 35.5 Å². The van der Waals surface area contributed by atoms with Gasteiger partial charge >= 0.3 is 6.18 Å². The summed E-state index contributed by atoms with van der Waals surface area (Å²) in [6.07, 6.45) is -3.58. The number of hydrogen-bond acceptors (Lipinski definition) is 4. The van der Waals surface area contributed by atoms with Crippen LogP contribution in [0, 0.1) is 5.82 Å². The number of amides is 1. The van der Waals surface area contributed by atoms with Gasteiger partial charge in [0.25, 0.3) is 5.91 Å². The molecule has 0 radical (unpaired) electrons. The zero-order valence-corrected chi connectivity index (χ0v) is 17.4. The summed E-state index contributed by atoms with van der Waals surface area (Å²) in [4.78, 5) is 12.0. The highest BCUT2D eigenvalue weighted by Crippen LogP contribution is 2.34. The van der Waals surface area contributed by atoms with Gasteiger partial charge in [0.2, 0.25) is 0 Å². The van der Waals surface area contributed by atoms with Crippen LogP contribution in [0.1, 0.15) is 41.6 Å². The van der Waals surface area contributed by atoms with Crippen LogP contribution >= 0.6 is 0 Å². The fourth-order valence-electron chi connectivity index (χ4n) is 3.64. The highest BCUT2D eigenvalue weighted by Gasteiger charge is 2.35. The second-order valence-electron chi connectivity index (χ2n) is 7.40. The Kier molecular flexibility index (Phi) is 6.59. The zero-order chi connectivity index (χ0) is 22.8. The van der Waals surface area contributed by atoms with E-state index in [2.05, 4.69) is 5.32 Å². The summed E-state index contributed by atoms with van der Waals surface area (Å²) < 4.78 is 82.9. The van der Waals surface area contributed by atoms with Crippen molar-refractivity contribution in [1.82, 2.24) is 5.32 Å². The normalized spacial score (nSPS) is 19.6. The fraction of sp³-hybridized carbons (Fsp3) is 0.381. The lowest BCUT2D eigenvalue weighted by Crippen LogP contribution is -2.40. The molecule has 0 spiro atoms. The number of sulfone groups is 1. The maximum Gasteiger partial charge on any atom is 0.416 e. The van der Waals surface area contributed by atoms with E-state index in [0.717, 1.165) is 30.3 Å². The maximum absolute atomic E-state index is 13.6. The van der Waals surface area contributed by atoms with E-state index in [4.69, 9.17) is 4.74 Å². The molecule has 2 aromatic carbocycles. The summed E-state index contributed by atoms with van der Waals surface area (Å²) in [5.74, 6) is -0.941. The number of methoxy groups -OCH3 is 1. The van der Waals surface area contributed by atoms with Crippen molar-refractivity contribution in [3.63, 3.8) is 0 Å². The van der Waals surface area contributed by atoms with Gasteiger partial charge in [0.05, 0.1) is 22.8 Å². The number of nitrogens with one attached hydrogen (secondary N) is 1. The van der Waals surface area contributed by atoms with Crippen LogP contribution < -0.4 is 10.1 Å². The Balaban J connectivity index is 1.65. The lowest BCUT2D eigenvalue weighted by atomic mass is 9.94. The molecule has 0 bridgehead atoms. The average Bonchev–Trinajstić information content (AvgIpc) is 2.73. The van der Waals surface area contributed by atoms with Gasteiger partial charge in [-0.15, -0.1) is 0 Å². The minimum atomic E-state index is -4.63. The predicted molar refractivity (Wildman–Crippen MR) is 105 cm³/mol. The molecule has 2 aromatic rings. The van der Waals surface area contributed by atoms with E-state index in [9.17, 15) is 30.8 Å². The van der Waals surface area contributed by atoms with Crippen LogP contribution in [0.4, 0.5) is 17.6 Å². The van der Waals surface area contributed by atoms with Crippen molar-refractivity contribution >= 4 is 15.7 Å². The summed E-state index contributed by atoms with van der Waals surface area (Å²) in [5, 5.41) is 1.91. The number of alkyl halides is 3. The lowest BCUT2D eigenvalue weighted by molar-refractivity contribution is -0.137. The molecule has 5 nitrogen and oxygen atoms in total. The Morgan fingerprint density at radius 3 is 2.35 bits per heavy atom. The molecule has 1 saturated carbocycles. The van der Waals surface area contributed by atoms with E-state index in [0.29, 0.717) is 18.9 Å². The molecule has 1 aliphatic rings. The lowest BCUT2D eigenvalue weighted by Gasteiger charge is -2.29. The molecule has 0 saturated heterocycles. The van der Waals surface area contributed by atoms with Gasteiger partial charge in [-0.2, -0.15) is 13.2 Å². The quantitative estimate of drug-likeness (QED) is 0.674. The van der Waals surface area contributed by atoms with Crippen molar-refractivity contribution in [2.24, 2.45) is 0 Å². The van der Waals surface area contributed by atoms with Gasteiger partial charge in [0.1, 0.15) is 11.6 Å². The first-order chi connectivity index (χ1) is 14.5.